The summed E-state index contributed by atoms with van der Waals surface area (Å²) in [5, 5.41) is 8.71. The molecule has 1 heterocycles. The molecular weight excluding hydrogens is 294 g/mol. The first kappa shape index (κ1) is 17.6. The van der Waals surface area contributed by atoms with E-state index in [4.69, 9.17) is 9.88 Å². The minimum atomic E-state index is -3.79. The molecule has 0 bridgehead atoms. The zero-order valence-corrected chi connectivity index (χ0v) is 13.1. The lowest BCUT2D eigenvalue weighted by Crippen LogP contribution is -2.15. The van der Waals surface area contributed by atoms with E-state index in [-0.39, 0.29) is 11.4 Å². The smallest absolute Gasteiger partial charge is 0.327 e. The summed E-state index contributed by atoms with van der Waals surface area (Å²) in [5.74, 6) is -0.437. The number of hydrogen-bond acceptors (Lipinski definition) is 5. The molecular formula is C13H23N3O4S. The lowest BCUT2D eigenvalue weighted by molar-refractivity contribution is -0.144. The quantitative estimate of drug-likeness (QED) is 0.519. The molecule has 0 amide bonds. The first-order valence-corrected chi connectivity index (χ1v) is 8.69. The van der Waals surface area contributed by atoms with Crippen molar-refractivity contribution in [1.29, 1.82) is 0 Å². The van der Waals surface area contributed by atoms with E-state index in [1.54, 1.807) is 0 Å². The highest BCUT2D eigenvalue weighted by Crippen LogP contribution is 2.06. The predicted molar refractivity (Wildman–Crippen MR) is 77.9 cm³/mol. The molecule has 0 saturated heterocycles. The van der Waals surface area contributed by atoms with E-state index in [0.29, 0.717) is 6.61 Å². The Bertz CT molecular complexity index is 539. The van der Waals surface area contributed by atoms with Crippen LogP contribution in [0.2, 0.25) is 0 Å². The van der Waals surface area contributed by atoms with Crippen molar-refractivity contribution < 1.29 is 17.9 Å². The number of sulfonamides is 1. The average molecular weight is 317 g/mol. The van der Waals surface area contributed by atoms with Crippen LogP contribution in [0.25, 0.3) is 0 Å². The number of carbonyl (C=O) groups is 1. The van der Waals surface area contributed by atoms with Gasteiger partial charge in [0.25, 0.3) is 0 Å². The molecule has 0 aliphatic carbocycles. The standard InChI is InChI=1S/C13H23N3O4S/c1-2-3-4-5-6-7-8-20-13(17)11-16-10-12(9-15-16)21(14,18)19/h9-10H,2-8,11H2,1H3,(H2,14,18,19). The fourth-order valence-electron chi connectivity index (χ4n) is 1.82. The van der Waals surface area contributed by atoms with E-state index >= 15 is 0 Å². The SMILES string of the molecule is CCCCCCCCOC(=O)Cn1cc(S(N)(=O)=O)cn1. The number of nitrogens with zero attached hydrogens (tertiary/aromatic N) is 2. The van der Waals surface area contributed by atoms with E-state index in [2.05, 4.69) is 12.0 Å². The van der Waals surface area contributed by atoms with Crippen molar-refractivity contribution >= 4 is 16.0 Å². The number of esters is 1. The minimum Gasteiger partial charge on any atom is -0.464 e. The Kier molecular flexibility index (Phi) is 7.38. The summed E-state index contributed by atoms with van der Waals surface area (Å²) >= 11 is 0. The summed E-state index contributed by atoms with van der Waals surface area (Å²) in [7, 11) is -3.79. The van der Waals surface area contributed by atoms with Crippen LogP contribution >= 0.6 is 0 Å². The number of rotatable bonds is 10. The van der Waals surface area contributed by atoms with Gasteiger partial charge >= 0.3 is 5.97 Å². The number of unbranched alkanes of at least 4 members (excludes halogenated alkanes) is 5. The molecule has 0 spiro atoms. The van der Waals surface area contributed by atoms with Gasteiger partial charge in [-0.25, -0.2) is 13.6 Å². The molecule has 0 saturated carbocycles. The van der Waals surface area contributed by atoms with Gasteiger partial charge in [-0.1, -0.05) is 39.0 Å². The molecule has 0 radical (unpaired) electrons. The van der Waals surface area contributed by atoms with E-state index in [9.17, 15) is 13.2 Å². The van der Waals surface area contributed by atoms with Crippen LogP contribution in [0.15, 0.2) is 17.3 Å². The highest BCUT2D eigenvalue weighted by Gasteiger charge is 2.12. The molecule has 0 aliphatic heterocycles. The number of nitrogens with two attached hydrogens (primary N) is 1. The van der Waals surface area contributed by atoms with Gasteiger partial charge in [-0.15, -0.1) is 0 Å². The average Bonchev–Trinajstić information content (AvgIpc) is 2.86. The molecule has 1 aromatic heterocycles. The van der Waals surface area contributed by atoms with Crippen LogP contribution in [0.3, 0.4) is 0 Å². The van der Waals surface area contributed by atoms with Crippen molar-refractivity contribution in [3.63, 3.8) is 0 Å². The van der Waals surface area contributed by atoms with Crippen molar-refractivity contribution in [2.75, 3.05) is 6.61 Å². The summed E-state index contributed by atoms with van der Waals surface area (Å²) in [6, 6.07) is 0. The fourth-order valence-corrected chi connectivity index (χ4v) is 2.29. The Balaban J connectivity index is 2.21. The predicted octanol–water partition coefficient (Wildman–Crippen LogP) is 1.43. The fraction of sp³-hybridized carbons (Fsp3) is 0.692. The van der Waals surface area contributed by atoms with Gasteiger partial charge in [-0.2, -0.15) is 5.10 Å². The van der Waals surface area contributed by atoms with Gasteiger partial charge in [0.2, 0.25) is 10.0 Å². The van der Waals surface area contributed by atoms with Gasteiger partial charge in [0, 0.05) is 6.20 Å². The van der Waals surface area contributed by atoms with E-state index in [1.165, 1.54) is 30.1 Å². The first-order valence-electron chi connectivity index (χ1n) is 7.14. The van der Waals surface area contributed by atoms with Gasteiger partial charge in [0.1, 0.15) is 11.4 Å². The third kappa shape index (κ3) is 7.24. The Hall–Kier alpha value is -1.41. The van der Waals surface area contributed by atoms with Crippen molar-refractivity contribution in [3.05, 3.63) is 12.4 Å². The number of primary sulfonamides is 1. The van der Waals surface area contributed by atoms with Crippen LogP contribution in [0.1, 0.15) is 45.4 Å². The summed E-state index contributed by atoms with van der Waals surface area (Å²) in [5.41, 5.74) is 0. The highest BCUT2D eigenvalue weighted by atomic mass is 32.2. The molecule has 0 aromatic carbocycles. The van der Waals surface area contributed by atoms with Crippen LogP contribution in [0.5, 0.6) is 0 Å². The first-order chi connectivity index (χ1) is 9.93. The molecule has 2 N–H and O–H groups in total. The van der Waals surface area contributed by atoms with E-state index < -0.39 is 16.0 Å². The molecule has 0 unspecified atom stereocenters. The van der Waals surface area contributed by atoms with E-state index in [1.807, 2.05) is 0 Å². The topological polar surface area (TPSA) is 104 Å². The normalized spacial score (nSPS) is 11.5. The maximum atomic E-state index is 11.5. The zero-order chi connectivity index (χ0) is 15.7. The lowest BCUT2D eigenvalue weighted by Gasteiger charge is -2.05. The van der Waals surface area contributed by atoms with Crippen LogP contribution in [-0.4, -0.2) is 30.8 Å². The van der Waals surface area contributed by atoms with Crippen molar-refractivity contribution in [1.82, 2.24) is 9.78 Å². The van der Waals surface area contributed by atoms with Crippen molar-refractivity contribution in [3.8, 4) is 0 Å². The number of hydrogen-bond donors (Lipinski definition) is 1. The number of carbonyl (C=O) groups excluding carboxylic acids is 1. The number of ether oxygens (including phenoxy) is 1. The molecule has 0 fully saturated rings. The largest absolute Gasteiger partial charge is 0.464 e. The Morgan fingerprint density at radius 2 is 1.95 bits per heavy atom. The minimum absolute atomic E-state index is 0.119. The second-order valence-corrected chi connectivity index (χ2v) is 6.47. The van der Waals surface area contributed by atoms with Crippen LogP contribution < -0.4 is 5.14 Å². The van der Waals surface area contributed by atoms with Gasteiger partial charge in [0.15, 0.2) is 0 Å². The third-order valence-electron chi connectivity index (χ3n) is 2.99. The third-order valence-corrected chi connectivity index (χ3v) is 3.86. The molecule has 1 aromatic rings. The molecule has 21 heavy (non-hydrogen) atoms. The van der Waals surface area contributed by atoms with Gasteiger partial charge < -0.3 is 4.74 Å². The maximum Gasteiger partial charge on any atom is 0.327 e. The lowest BCUT2D eigenvalue weighted by atomic mass is 10.1. The zero-order valence-electron chi connectivity index (χ0n) is 12.3. The maximum absolute atomic E-state index is 11.5. The second-order valence-electron chi connectivity index (χ2n) is 4.91. The summed E-state index contributed by atoms with van der Waals surface area (Å²) in [6.45, 7) is 2.43. The summed E-state index contributed by atoms with van der Waals surface area (Å²) in [6.07, 6.45) is 9.03. The summed E-state index contributed by atoms with van der Waals surface area (Å²) in [4.78, 5) is 11.4. The Morgan fingerprint density at radius 1 is 1.29 bits per heavy atom. The molecule has 1 rings (SSSR count). The molecule has 0 atom stereocenters. The second kappa shape index (κ2) is 8.78. The van der Waals surface area contributed by atoms with E-state index in [0.717, 1.165) is 25.5 Å². The van der Waals surface area contributed by atoms with Crippen LogP contribution in [0, 0.1) is 0 Å². The Labute approximate surface area is 125 Å². The van der Waals surface area contributed by atoms with Crippen LogP contribution in [0.4, 0.5) is 0 Å². The molecule has 8 heteroatoms. The van der Waals surface area contributed by atoms with Gasteiger partial charge in [0.05, 0.1) is 12.8 Å². The van der Waals surface area contributed by atoms with Crippen LogP contribution in [-0.2, 0) is 26.1 Å². The molecule has 7 nitrogen and oxygen atoms in total. The summed E-state index contributed by atoms with van der Waals surface area (Å²) < 4.78 is 28.4. The molecule has 120 valence electrons. The molecule has 0 aliphatic rings. The van der Waals surface area contributed by atoms with Crippen molar-refractivity contribution in [2.24, 2.45) is 5.14 Å². The van der Waals surface area contributed by atoms with Crippen molar-refractivity contribution in [2.45, 2.75) is 56.9 Å². The monoisotopic (exact) mass is 317 g/mol. The van der Waals surface area contributed by atoms with Gasteiger partial charge in [-0.05, 0) is 6.42 Å². The highest BCUT2D eigenvalue weighted by molar-refractivity contribution is 7.89. The Morgan fingerprint density at radius 3 is 2.57 bits per heavy atom. The number of aromatic nitrogens is 2. The van der Waals surface area contributed by atoms with Gasteiger partial charge in [-0.3, -0.25) is 9.48 Å².